The highest BCUT2D eigenvalue weighted by Gasteiger charge is 2.23. The Morgan fingerprint density at radius 2 is 1.75 bits per heavy atom. The largest absolute Gasteiger partial charge is 0.423 e. The zero-order valence-corrected chi connectivity index (χ0v) is 21.9. The van der Waals surface area contributed by atoms with Crippen LogP contribution in [-0.2, 0) is 10.0 Å². The quantitative estimate of drug-likeness (QED) is 0.224. The van der Waals surface area contributed by atoms with Gasteiger partial charge in [-0.05, 0) is 42.9 Å². The Morgan fingerprint density at radius 1 is 1.08 bits per heavy atom. The molecule has 0 aliphatic carbocycles. The summed E-state index contributed by atoms with van der Waals surface area (Å²) in [5.74, 6) is -0.147. The Balaban J connectivity index is 1.45. The molecule has 0 spiro atoms. The molecule has 1 saturated heterocycles. The summed E-state index contributed by atoms with van der Waals surface area (Å²) in [7, 11) is -3.74. The van der Waals surface area contributed by atoms with Gasteiger partial charge in [0.15, 0.2) is 5.13 Å². The van der Waals surface area contributed by atoms with Crippen molar-refractivity contribution in [3.8, 4) is 5.75 Å². The predicted molar refractivity (Wildman–Crippen MR) is 145 cm³/mol. The second-order valence-corrected chi connectivity index (χ2v) is 11.3. The Labute approximate surface area is 216 Å². The summed E-state index contributed by atoms with van der Waals surface area (Å²) in [6.07, 6.45) is 3.03. The average Bonchev–Trinajstić information content (AvgIpc) is 3.32. The minimum Gasteiger partial charge on any atom is -0.423 e. The van der Waals surface area contributed by atoms with Gasteiger partial charge in [-0.15, -0.1) is 13.2 Å². The molecule has 1 aliphatic heterocycles. The van der Waals surface area contributed by atoms with Crippen LogP contribution in [0.5, 0.6) is 5.75 Å². The lowest BCUT2D eigenvalue weighted by Crippen LogP contribution is -2.46. The molecule has 0 unspecified atom stereocenters. The number of likely N-dealkylation sites (N-methyl/N-ethyl adjacent to an activating group) is 1. The number of fused-ring (bicyclic) bond motifs is 1. The summed E-state index contributed by atoms with van der Waals surface area (Å²) in [6.45, 7) is 14.7. The molecule has 1 aliphatic rings. The Kier molecular flexibility index (Phi) is 8.20. The number of sulfonamides is 1. The lowest BCUT2D eigenvalue weighted by atomic mass is 10.2. The van der Waals surface area contributed by atoms with E-state index in [2.05, 4.69) is 29.9 Å². The van der Waals surface area contributed by atoms with Crippen LogP contribution in [0.2, 0.25) is 0 Å². The maximum Gasteiger partial charge on any atom is 0.343 e. The predicted octanol–water partition coefficient (Wildman–Crippen LogP) is 4.02. The summed E-state index contributed by atoms with van der Waals surface area (Å²) < 4.78 is 33.5. The molecule has 3 aromatic rings. The summed E-state index contributed by atoms with van der Waals surface area (Å²) in [5.41, 5.74) is 1.12. The fourth-order valence-corrected chi connectivity index (χ4v) is 6.41. The van der Waals surface area contributed by atoms with Crippen LogP contribution in [0.4, 0.5) is 5.13 Å². The maximum absolute atomic E-state index is 12.9. The molecule has 0 bridgehead atoms. The van der Waals surface area contributed by atoms with Gasteiger partial charge in [0.05, 0.1) is 20.7 Å². The van der Waals surface area contributed by atoms with Crippen molar-refractivity contribution in [1.29, 1.82) is 0 Å². The van der Waals surface area contributed by atoms with Gasteiger partial charge >= 0.3 is 5.97 Å². The molecule has 0 N–H and O–H groups in total. The zero-order valence-electron chi connectivity index (χ0n) is 20.3. The second-order valence-electron chi connectivity index (χ2n) is 8.36. The van der Waals surface area contributed by atoms with Gasteiger partial charge < -0.3 is 14.5 Å². The summed E-state index contributed by atoms with van der Waals surface area (Å²) in [4.78, 5) is 22.3. The molecule has 1 aromatic heterocycles. The van der Waals surface area contributed by atoms with Crippen LogP contribution < -0.4 is 9.64 Å². The van der Waals surface area contributed by atoms with Crippen LogP contribution in [-0.4, -0.2) is 74.4 Å². The fourth-order valence-electron chi connectivity index (χ4n) is 3.98. The third-order valence-electron chi connectivity index (χ3n) is 6.04. The number of thiazole rings is 1. The fraction of sp³-hybridized carbons (Fsp3) is 0.308. The van der Waals surface area contributed by atoms with Gasteiger partial charge in [0.2, 0.25) is 10.0 Å². The number of rotatable bonds is 10. The first-order chi connectivity index (χ1) is 17.3. The lowest BCUT2D eigenvalue weighted by Gasteiger charge is -2.33. The number of carbonyl (C=O) groups is 1. The van der Waals surface area contributed by atoms with Crippen molar-refractivity contribution >= 4 is 42.7 Å². The average molecular weight is 527 g/mol. The number of esters is 1. The van der Waals surface area contributed by atoms with E-state index >= 15 is 0 Å². The Morgan fingerprint density at radius 3 is 2.36 bits per heavy atom. The zero-order chi connectivity index (χ0) is 25.7. The molecule has 36 heavy (non-hydrogen) atoms. The monoisotopic (exact) mass is 526 g/mol. The highest BCUT2D eigenvalue weighted by atomic mass is 32.2. The minimum atomic E-state index is -3.74. The first-order valence-corrected chi connectivity index (χ1v) is 14.0. The first-order valence-electron chi connectivity index (χ1n) is 11.8. The van der Waals surface area contributed by atoms with E-state index in [0.717, 1.165) is 48.1 Å². The van der Waals surface area contributed by atoms with Crippen molar-refractivity contribution in [2.75, 3.05) is 50.7 Å². The van der Waals surface area contributed by atoms with E-state index in [0.29, 0.717) is 5.75 Å². The first kappa shape index (κ1) is 26.0. The Bertz CT molecular complexity index is 1330. The molecule has 0 saturated carbocycles. The van der Waals surface area contributed by atoms with Crippen molar-refractivity contribution in [2.24, 2.45) is 0 Å². The molecule has 4 rings (SSSR count). The van der Waals surface area contributed by atoms with Crippen molar-refractivity contribution in [3.63, 3.8) is 0 Å². The van der Waals surface area contributed by atoms with E-state index in [9.17, 15) is 13.2 Å². The van der Waals surface area contributed by atoms with Gasteiger partial charge in [0.25, 0.3) is 0 Å². The number of ether oxygens (including phenoxy) is 1. The third kappa shape index (κ3) is 5.67. The van der Waals surface area contributed by atoms with Crippen molar-refractivity contribution < 1.29 is 17.9 Å². The second kappa shape index (κ2) is 11.3. The number of anilines is 1. The number of benzene rings is 2. The number of aromatic nitrogens is 1. The molecule has 0 radical (unpaired) electrons. The van der Waals surface area contributed by atoms with E-state index < -0.39 is 16.0 Å². The molecule has 190 valence electrons. The van der Waals surface area contributed by atoms with E-state index in [-0.39, 0.29) is 23.5 Å². The van der Waals surface area contributed by atoms with E-state index in [1.54, 1.807) is 17.4 Å². The summed E-state index contributed by atoms with van der Waals surface area (Å²) >= 11 is 1.58. The molecule has 1 fully saturated rings. The molecule has 2 aromatic carbocycles. The standard InChI is InChI=1S/C26H30N4O4S2/c1-4-13-30(14-5-2)36(32,33)22-10-7-20(8-11-22)25(31)34-21-9-12-23-24(19-21)35-26(27-23)29-17-15-28(6-3)16-18-29/h4-5,7-12,19H,1-2,6,13-18H2,3H3. The van der Waals surface area contributed by atoms with Crippen molar-refractivity contribution in [3.05, 3.63) is 73.3 Å². The van der Waals surface area contributed by atoms with E-state index in [4.69, 9.17) is 9.72 Å². The van der Waals surface area contributed by atoms with Crippen LogP contribution in [0.3, 0.4) is 0 Å². The van der Waals surface area contributed by atoms with Gasteiger partial charge in [0, 0.05) is 45.3 Å². The third-order valence-corrected chi connectivity index (χ3v) is 8.97. The topological polar surface area (TPSA) is 83.0 Å². The van der Waals surface area contributed by atoms with Crippen molar-refractivity contribution in [2.45, 2.75) is 11.8 Å². The normalized spacial score (nSPS) is 14.8. The van der Waals surface area contributed by atoms with Gasteiger partial charge in [0.1, 0.15) is 5.75 Å². The Hall–Kier alpha value is -3.05. The lowest BCUT2D eigenvalue weighted by molar-refractivity contribution is 0.0735. The SMILES string of the molecule is C=CCN(CC=C)S(=O)(=O)c1ccc(C(=O)Oc2ccc3nc(N4CCN(CC)CC4)sc3c2)cc1. The molecule has 0 amide bonds. The van der Waals surface area contributed by atoms with Crippen LogP contribution in [0, 0.1) is 0 Å². The number of nitrogens with zero attached hydrogens (tertiary/aromatic N) is 4. The van der Waals surface area contributed by atoms with Crippen LogP contribution >= 0.6 is 11.3 Å². The van der Waals surface area contributed by atoms with Gasteiger partial charge in [-0.25, -0.2) is 18.2 Å². The van der Waals surface area contributed by atoms with Crippen LogP contribution in [0.25, 0.3) is 10.2 Å². The summed E-state index contributed by atoms with van der Waals surface area (Å²) in [5, 5.41) is 0.975. The van der Waals surface area contributed by atoms with E-state index in [1.165, 1.54) is 40.7 Å². The highest BCUT2D eigenvalue weighted by molar-refractivity contribution is 7.89. The highest BCUT2D eigenvalue weighted by Crippen LogP contribution is 2.32. The van der Waals surface area contributed by atoms with E-state index in [1.807, 2.05) is 12.1 Å². The number of hydrogen-bond acceptors (Lipinski definition) is 8. The molecular weight excluding hydrogens is 496 g/mol. The van der Waals surface area contributed by atoms with Crippen LogP contribution in [0.1, 0.15) is 17.3 Å². The maximum atomic E-state index is 12.9. The molecule has 0 atom stereocenters. The molecular formula is C26H30N4O4S2. The number of piperazine rings is 1. The minimum absolute atomic E-state index is 0.0844. The number of hydrogen-bond donors (Lipinski definition) is 0. The van der Waals surface area contributed by atoms with Gasteiger partial charge in [-0.3, -0.25) is 0 Å². The van der Waals surface area contributed by atoms with Crippen LogP contribution in [0.15, 0.2) is 72.7 Å². The molecule has 2 heterocycles. The van der Waals surface area contributed by atoms with Gasteiger partial charge in [-0.1, -0.05) is 30.4 Å². The smallest absolute Gasteiger partial charge is 0.343 e. The van der Waals surface area contributed by atoms with Crippen molar-refractivity contribution in [1.82, 2.24) is 14.2 Å². The summed E-state index contributed by atoms with van der Waals surface area (Å²) in [6, 6.07) is 11.1. The number of carbonyl (C=O) groups excluding carboxylic acids is 1. The van der Waals surface area contributed by atoms with Gasteiger partial charge in [-0.2, -0.15) is 4.31 Å². The molecule has 10 heteroatoms. The molecule has 8 nitrogen and oxygen atoms in total.